The predicted octanol–water partition coefficient (Wildman–Crippen LogP) is 3.29. The minimum absolute atomic E-state index is 0.00381. The van der Waals surface area contributed by atoms with Crippen molar-refractivity contribution in [3.63, 3.8) is 0 Å². The molecular weight excluding hydrogens is 340 g/mol. The van der Waals surface area contributed by atoms with Crippen LogP contribution in [-0.2, 0) is 4.79 Å². The second-order valence-corrected chi connectivity index (χ2v) is 7.22. The maximum absolute atomic E-state index is 12.4. The molecule has 5 nitrogen and oxygen atoms in total. The van der Waals surface area contributed by atoms with Gasteiger partial charge in [-0.2, -0.15) is 0 Å². The van der Waals surface area contributed by atoms with Crippen LogP contribution in [0.2, 0.25) is 0 Å². The molecule has 2 aromatic carbocycles. The van der Waals surface area contributed by atoms with Crippen LogP contribution in [0.4, 0.5) is 0 Å². The van der Waals surface area contributed by atoms with E-state index in [9.17, 15) is 9.90 Å². The van der Waals surface area contributed by atoms with Gasteiger partial charge < -0.3 is 14.7 Å². The topological polar surface area (TPSA) is 53.0 Å². The van der Waals surface area contributed by atoms with Crippen molar-refractivity contribution >= 4 is 5.91 Å². The lowest BCUT2D eigenvalue weighted by molar-refractivity contribution is -0.135. The smallest absolute Gasteiger partial charge is 0.260 e. The minimum Gasteiger partial charge on any atom is -0.508 e. The van der Waals surface area contributed by atoms with Crippen LogP contribution in [-0.4, -0.2) is 53.6 Å². The van der Waals surface area contributed by atoms with Gasteiger partial charge in [-0.1, -0.05) is 24.3 Å². The summed E-state index contributed by atoms with van der Waals surface area (Å²) in [5.41, 5.74) is 3.95. The number of piperazine rings is 1. The number of nitrogens with zero attached hydrogens (tertiary/aromatic N) is 2. The van der Waals surface area contributed by atoms with E-state index < -0.39 is 0 Å². The number of aromatic hydroxyl groups is 1. The summed E-state index contributed by atoms with van der Waals surface area (Å²) >= 11 is 0. The van der Waals surface area contributed by atoms with E-state index in [1.54, 1.807) is 18.2 Å². The first-order chi connectivity index (χ1) is 12.9. The van der Waals surface area contributed by atoms with Crippen molar-refractivity contribution in [1.29, 1.82) is 0 Å². The van der Waals surface area contributed by atoms with E-state index in [-0.39, 0.29) is 18.3 Å². The molecule has 1 heterocycles. The zero-order valence-corrected chi connectivity index (χ0v) is 16.3. The number of benzene rings is 2. The summed E-state index contributed by atoms with van der Waals surface area (Å²) in [4.78, 5) is 16.7. The van der Waals surface area contributed by atoms with Gasteiger partial charge in [-0.05, 0) is 49.6 Å². The van der Waals surface area contributed by atoms with Crippen molar-refractivity contribution < 1.29 is 14.6 Å². The van der Waals surface area contributed by atoms with Crippen molar-refractivity contribution in [2.24, 2.45) is 0 Å². The Kier molecular flexibility index (Phi) is 6.01. The molecule has 1 amide bonds. The second-order valence-electron chi connectivity index (χ2n) is 7.22. The molecule has 0 bridgehead atoms. The number of aryl methyl sites for hydroxylation is 2. The standard InChI is InChI=1S/C22H28N2O3/c1-16-7-8-19(13-17(16)2)18(3)23-9-11-24(12-10-23)22(26)15-27-21-6-4-5-20(25)14-21/h4-8,13-14,18,25H,9-12,15H2,1-3H3. The van der Waals surface area contributed by atoms with Crippen LogP contribution in [0.3, 0.4) is 0 Å². The third kappa shape index (κ3) is 4.80. The highest BCUT2D eigenvalue weighted by molar-refractivity contribution is 5.77. The van der Waals surface area contributed by atoms with Crippen LogP contribution in [0.15, 0.2) is 42.5 Å². The third-order valence-corrected chi connectivity index (χ3v) is 5.41. The van der Waals surface area contributed by atoms with Gasteiger partial charge in [0.05, 0.1) is 0 Å². The van der Waals surface area contributed by atoms with Gasteiger partial charge in [0.25, 0.3) is 5.91 Å². The lowest BCUT2D eigenvalue weighted by atomic mass is 10.0. The molecule has 1 saturated heterocycles. The summed E-state index contributed by atoms with van der Waals surface area (Å²) in [6.07, 6.45) is 0. The van der Waals surface area contributed by atoms with Gasteiger partial charge in [0, 0.05) is 38.3 Å². The molecule has 1 aliphatic heterocycles. The van der Waals surface area contributed by atoms with Gasteiger partial charge in [0.2, 0.25) is 0 Å². The molecule has 0 spiro atoms. The molecule has 0 aliphatic carbocycles. The fourth-order valence-corrected chi connectivity index (χ4v) is 3.40. The van der Waals surface area contributed by atoms with E-state index in [1.165, 1.54) is 22.8 Å². The van der Waals surface area contributed by atoms with Gasteiger partial charge >= 0.3 is 0 Å². The van der Waals surface area contributed by atoms with Crippen LogP contribution in [0.1, 0.15) is 29.7 Å². The number of rotatable bonds is 5. The van der Waals surface area contributed by atoms with Gasteiger partial charge in [-0.15, -0.1) is 0 Å². The van der Waals surface area contributed by atoms with Crippen LogP contribution in [0.5, 0.6) is 11.5 Å². The quantitative estimate of drug-likeness (QED) is 0.880. The van der Waals surface area contributed by atoms with Crippen molar-refractivity contribution in [2.45, 2.75) is 26.8 Å². The zero-order chi connectivity index (χ0) is 19.4. The Bertz CT molecular complexity index is 798. The average Bonchev–Trinajstić information content (AvgIpc) is 2.68. The number of ether oxygens (including phenoxy) is 1. The highest BCUT2D eigenvalue weighted by atomic mass is 16.5. The summed E-state index contributed by atoms with van der Waals surface area (Å²) in [7, 11) is 0. The van der Waals surface area contributed by atoms with Gasteiger partial charge in [-0.25, -0.2) is 0 Å². The van der Waals surface area contributed by atoms with Crippen molar-refractivity contribution in [3.8, 4) is 11.5 Å². The number of phenolic OH excluding ortho intramolecular Hbond substituents is 1. The normalized spacial score (nSPS) is 16.2. The average molecular weight is 368 g/mol. The molecule has 1 atom stereocenters. The van der Waals surface area contributed by atoms with Crippen molar-refractivity contribution in [2.75, 3.05) is 32.8 Å². The molecule has 2 aromatic rings. The Balaban J connectivity index is 1.50. The molecular formula is C22H28N2O3. The molecule has 1 fully saturated rings. The van der Waals surface area contributed by atoms with Gasteiger partial charge in [0.1, 0.15) is 11.5 Å². The number of phenols is 1. The first-order valence-electron chi connectivity index (χ1n) is 9.45. The van der Waals surface area contributed by atoms with Crippen LogP contribution < -0.4 is 4.74 Å². The van der Waals surface area contributed by atoms with E-state index in [0.29, 0.717) is 24.9 Å². The number of hydrogen-bond acceptors (Lipinski definition) is 4. The maximum Gasteiger partial charge on any atom is 0.260 e. The molecule has 1 unspecified atom stereocenters. The highest BCUT2D eigenvalue weighted by Gasteiger charge is 2.25. The van der Waals surface area contributed by atoms with Crippen LogP contribution in [0, 0.1) is 13.8 Å². The fourth-order valence-electron chi connectivity index (χ4n) is 3.40. The van der Waals surface area contributed by atoms with E-state index >= 15 is 0 Å². The molecule has 0 aromatic heterocycles. The van der Waals surface area contributed by atoms with Crippen LogP contribution >= 0.6 is 0 Å². The molecule has 1 N–H and O–H groups in total. The SMILES string of the molecule is Cc1ccc(C(C)N2CCN(C(=O)COc3cccc(O)c3)CC2)cc1C. The first kappa shape index (κ1) is 19.2. The van der Waals surface area contributed by atoms with Crippen molar-refractivity contribution in [3.05, 3.63) is 59.2 Å². The first-order valence-corrected chi connectivity index (χ1v) is 9.45. The van der Waals surface area contributed by atoms with E-state index in [1.807, 2.05) is 4.90 Å². The Labute approximate surface area is 161 Å². The summed E-state index contributed by atoms with van der Waals surface area (Å²) < 4.78 is 5.51. The van der Waals surface area contributed by atoms with E-state index in [2.05, 4.69) is 43.9 Å². The number of hydrogen-bond donors (Lipinski definition) is 1. The molecule has 27 heavy (non-hydrogen) atoms. The largest absolute Gasteiger partial charge is 0.508 e. The summed E-state index contributed by atoms with van der Waals surface area (Å²) in [6.45, 7) is 9.62. The Morgan fingerprint density at radius 3 is 2.48 bits per heavy atom. The molecule has 1 aliphatic rings. The molecule has 144 valence electrons. The number of carbonyl (C=O) groups excluding carboxylic acids is 1. The fraction of sp³-hybridized carbons (Fsp3) is 0.409. The van der Waals surface area contributed by atoms with Crippen LogP contribution in [0.25, 0.3) is 0 Å². The Morgan fingerprint density at radius 2 is 1.81 bits per heavy atom. The number of carbonyl (C=O) groups is 1. The lowest BCUT2D eigenvalue weighted by Gasteiger charge is -2.38. The molecule has 0 radical (unpaired) electrons. The molecule has 3 rings (SSSR count). The maximum atomic E-state index is 12.4. The summed E-state index contributed by atoms with van der Waals surface area (Å²) in [5, 5.41) is 9.45. The Morgan fingerprint density at radius 1 is 1.07 bits per heavy atom. The molecule has 5 heteroatoms. The lowest BCUT2D eigenvalue weighted by Crippen LogP contribution is -2.50. The summed E-state index contributed by atoms with van der Waals surface area (Å²) in [6, 6.07) is 13.5. The van der Waals surface area contributed by atoms with Gasteiger partial charge in [0.15, 0.2) is 6.61 Å². The van der Waals surface area contributed by atoms with E-state index in [4.69, 9.17) is 4.74 Å². The third-order valence-electron chi connectivity index (χ3n) is 5.41. The minimum atomic E-state index is -0.0168. The van der Waals surface area contributed by atoms with Crippen molar-refractivity contribution in [1.82, 2.24) is 9.80 Å². The number of amides is 1. The zero-order valence-electron chi connectivity index (χ0n) is 16.3. The monoisotopic (exact) mass is 368 g/mol. The Hall–Kier alpha value is -2.53. The second kappa shape index (κ2) is 8.44. The van der Waals surface area contributed by atoms with E-state index in [0.717, 1.165) is 13.1 Å². The molecule has 0 saturated carbocycles. The van der Waals surface area contributed by atoms with Gasteiger partial charge in [-0.3, -0.25) is 9.69 Å². The summed E-state index contributed by atoms with van der Waals surface area (Å²) in [5.74, 6) is 0.621. The predicted molar refractivity (Wildman–Crippen MR) is 106 cm³/mol. The highest BCUT2D eigenvalue weighted by Crippen LogP contribution is 2.24.